The van der Waals surface area contributed by atoms with Gasteiger partial charge in [0.15, 0.2) is 0 Å². The molecular formula is C13H16ClN. The highest BCUT2D eigenvalue weighted by Crippen LogP contribution is 2.24. The van der Waals surface area contributed by atoms with E-state index in [0.717, 1.165) is 6.54 Å². The summed E-state index contributed by atoms with van der Waals surface area (Å²) in [6.07, 6.45) is 0. The van der Waals surface area contributed by atoms with Crippen LogP contribution in [0.2, 0.25) is 0 Å². The molecule has 0 bridgehead atoms. The summed E-state index contributed by atoms with van der Waals surface area (Å²) < 4.78 is 0. The Labute approximate surface area is 96.7 Å². The van der Waals surface area contributed by atoms with Crippen LogP contribution in [0.5, 0.6) is 0 Å². The molecular weight excluding hydrogens is 206 g/mol. The zero-order chi connectivity index (χ0) is 10.1. The van der Waals surface area contributed by atoms with Crippen LogP contribution in [0, 0.1) is 13.8 Å². The van der Waals surface area contributed by atoms with Gasteiger partial charge in [-0.1, -0.05) is 30.3 Å². The minimum atomic E-state index is 0. The van der Waals surface area contributed by atoms with E-state index >= 15 is 0 Å². The van der Waals surface area contributed by atoms with Crippen molar-refractivity contribution < 1.29 is 18.1 Å². The minimum Gasteiger partial charge on any atom is -1.00 e. The van der Waals surface area contributed by atoms with Crippen LogP contribution in [0.15, 0.2) is 30.3 Å². The molecule has 0 unspecified atom stereocenters. The van der Waals surface area contributed by atoms with Gasteiger partial charge in [-0.15, -0.1) is 0 Å². The highest BCUT2D eigenvalue weighted by atomic mass is 35.5. The molecule has 0 saturated heterocycles. The average Bonchev–Trinajstić information content (AvgIpc) is 2.20. The summed E-state index contributed by atoms with van der Waals surface area (Å²) in [5, 5.41) is 2.68. The van der Waals surface area contributed by atoms with Gasteiger partial charge in [0.1, 0.15) is 6.54 Å². The predicted octanol–water partition coefficient (Wildman–Crippen LogP) is -0.797. The van der Waals surface area contributed by atoms with Gasteiger partial charge >= 0.3 is 0 Å². The summed E-state index contributed by atoms with van der Waals surface area (Å²) >= 11 is 0. The second-order valence-electron chi connectivity index (χ2n) is 3.77. The molecule has 0 saturated carbocycles. The molecule has 2 heteroatoms. The molecule has 15 heavy (non-hydrogen) atoms. The van der Waals surface area contributed by atoms with Gasteiger partial charge in [-0.3, -0.25) is 0 Å². The number of fused-ring (bicyclic) bond motifs is 1. The fourth-order valence-corrected chi connectivity index (χ4v) is 2.00. The molecule has 0 aromatic heterocycles. The van der Waals surface area contributed by atoms with E-state index in [1.807, 2.05) is 0 Å². The summed E-state index contributed by atoms with van der Waals surface area (Å²) in [4.78, 5) is 0. The van der Waals surface area contributed by atoms with Gasteiger partial charge in [-0.2, -0.15) is 0 Å². The summed E-state index contributed by atoms with van der Waals surface area (Å²) in [6, 6.07) is 10.8. The predicted molar refractivity (Wildman–Crippen MR) is 60.0 cm³/mol. The molecule has 0 fully saturated rings. The van der Waals surface area contributed by atoms with Crippen molar-refractivity contribution in [3.8, 4) is 0 Å². The van der Waals surface area contributed by atoms with E-state index in [-0.39, 0.29) is 12.4 Å². The Balaban J connectivity index is 0.00000112. The van der Waals surface area contributed by atoms with Crippen molar-refractivity contribution in [3.63, 3.8) is 0 Å². The van der Waals surface area contributed by atoms with Crippen LogP contribution in [0.1, 0.15) is 16.7 Å². The molecule has 2 aromatic carbocycles. The maximum atomic E-state index is 4.01. The standard InChI is InChI=1S/C13H15N.ClH/c1-9-7-11-5-3-4-6-12(11)13(8-14)10(9)2;/h3-7H,8,14H2,1-2H3;1H. The van der Waals surface area contributed by atoms with Crippen molar-refractivity contribution in [2.75, 3.05) is 0 Å². The van der Waals surface area contributed by atoms with Crippen LogP contribution in [0.4, 0.5) is 0 Å². The van der Waals surface area contributed by atoms with E-state index in [4.69, 9.17) is 0 Å². The second kappa shape index (κ2) is 4.65. The van der Waals surface area contributed by atoms with E-state index in [1.165, 1.54) is 27.5 Å². The lowest BCUT2D eigenvalue weighted by atomic mass is 9.96. The van der Waals surface area contributed by atoms with Gasteiger partial charge in [0, 0.05) is 5.56 Å². The summed E-state index contributed by atoms with van der Waals surface area (Å²) in [7, 11) is 0. The number of halogens is 1. The van der Waals surface area contributed by atoms with Crippen molar-refractivity contribution in [3.05, 3.63) is 47.0 Å². The Morgan fingerprint density at radius 1 is 1.13 bits per heavy atom. The molecule has 0 aliphatic heterocycles. The Bertz CT molecular complexity index is 477. The van der Waals surface area contributed by atoms with Gasteiger partial charge in [0.2, 0.25) is 0 Å². The summed E-state index contributed by atoms with van der Waals surface area (Å²) in [5.74, 6) is 0. The number of rotatable bonds is 1. The van der Waals surface area contributed by atoms with E-state index in [2.05, 4.69) is 49.9 Å². The van der Waals surface area contributed by atoms with Crippen molar-refractivity contribution in [1.29, 1.82) is 0 Å². The molecule has 0 radical (unpaired) electrons. The highest BCUT2D eigenvalue weighted by Gasteiger charge is 2.06. The van der Waals surface area contributed by atoms with Crippen LogP contribution >= 0.6 is 0 Å². The van der Waals surface area contributed by atoms with Gasteiger partial charge in [-0.25, -0.2) is 0 Å². The van der Waals surface area contributed by atoms with Crippen LogP contribution in [-0.2, 0) is 6.54 Å². The molecule has 0 heterocycles. The number of benzene rings is 2. The third-order valence-electron chi connectivity index (χ3n) is 2.95. The Hall–Kier alpha value is -1.05. The quantitative estimate of drug-likeness (QED) is 0.654. The maximum Gasteiger partial charge on any atom is 0.101 e. The minimum absolute atomic E-state index is 0. The highest BCUT2D eigenvalue weighted by molar-refractivity contribution is 5.87. The monoisotopic (exact) mass is 221 g/mol. The lowest BCUT2D eigenvalue weighted by Gasteiger charge is -2.09. The molecule has 0 spiro atoms. The normalized spacial score (nSPS) is 10.1. The van der Waals surface area contributed by atoms with Gasteiger partial charge in [-0.05, 0) is 35.7 Å². The lowest BCUT2D eigenvalue weighted by molar-refractivity contribution is -0.386. The topological polar surface area (TPSA) is 27.6 Å². The van der Waals surface area contributed by atoms with E-state index in [9.17, 15) is 0 Å². The number of hydrogen-bond donors (Lipinski definition) is 1. The van der Waals surface area contributed by atoms with E-state index < -0.39 is 0 Å². The fraction of sp³-hybridized carbons (Fsp3) is 0.231. The molecule has 1 nitrogen and oxygen atoms in total. The van der Waals surface area contributed by atoms with Gasteiger partial charge in [0.05, 0.1) is 0 Å². The number of hydrogen-bond acceptors (Lipinski definition) is 0. The summed E-state index contributed by atoms with van der Waals surface area (Å²) in [5.41, 5.74) is 8.15. The first kappa shape index (κ1) is 12.0. The number of quaternary nitrogens is 1. The van der Waals surface area contributed by atoms with Crippen molar-refractivity contribution in [1.82, 2.24) is 0 Å². The molecule has 2 rings (SSSR count). The third-order valence-corrected chi connectivity index (χ3v) is 2.95. The average molecular weight is 222 g/mol. The fourth-order valence-electron chi connectivity index (χ4n) is 2.00. The molecule has 3 N–H and O–H groups in total. The first-order valence-electron chi connectivity index (χ1n) is 5.01. The third kappa shape index (κ3) is 1.99. The van der Waals surface area contributed by atoms with Crippen LogP contribution in [0.25, 0.3) is 10.8 Å². The SMILES string of the molecule is Cc1cc2ccccc2c(C[NH3+])c1C.[Cl-]. The van der Waals surface area contributed by atoms with E-state index in [0.29, 0.717) is 0 Å². The van der Waals surface area contributed by atoms with Crippen LogP contribution < -0.4 is 18.1 Å². The zero-order valence-corrected chi connectivity index (χ0v) is 9.93. The van der Waals surface area contributed by atoms with Crippen molar-refractivity contribution >= 4 is 10.8 Å². The first-order chi connectivity index (χ1) is 6.74. The zero-order valence-electron chi connectivity index (χ0n) is 9.18. The summed E-state index contributed by atoms with van der Waals surface area (Å²) in [6.45, 7) is 5.22. The molecule has 0 amide bonds. The van der Waals surface area contributed by atoms with Gasteiger partial charge in [0.25, 0.3) is 0 Å². The van der Waals surface area contributed by atoms with Crippen molar-refractivity contribution in [2.45, 2.75) is 20.4 Å². The Morgan fingerprint density at radius 3 is 2.47 bits per heavy atom. The Kier molecular flexibility index (Phi) is 3.72. The van der Waals surface area contributed by atoms with Crippen LogP contribution in [-0.4, -0.2) is 0 Å². The van der Waals surface area contributed by atoms with Gasteiger partial charge < -0.3 is 18.1 Å². The Morgan fingerprint density at radius 2 is 1.80 bits per heavy atom. The molecule has 0 aliphatic rings. The maximum absolute atomic E-state index is 4.01. The molecule has 2 aromatic rings. The molecule has 0 atom stereocenters. The molecule has 80 valence electrons. The largest absolute Gasteiger partial charge is 1.00 e. The van der Waals surface area contributed by atoms with E-state index in [1.54, 1.807) is 0 Å². The lowest BCUT2D eigenvalue weighted by Crippen LogP contribution is -3.00. The van der Waals surface area contributed by atoms with Crippen LogP contribution in [0.3, 0.4) is 0 Å². The number of aryl methyl sites for hydroxylation is 1. The second-order valence-corrected chi connectivity index (χ2v) is 3.77. The molecule has 0 aliphatic carbocycles. The smallest absolute Gasteiger partial charge is 0.101 e. The first-order valence-corrected chi connectivity index (χ1v) is 5.01. The van der Waals surface area contributed by atoms with Crippen molar-refractivity contribution in [2.24, 2.45) is 0 Å².